The fraction of sp³-hybridized carbons (Fsp3) is 0.632. The van der Waals surface area contributed by atoms with Crippen molar-refractivity contribution in [3.05, 3.63) is 34.1 Å². The highest BCUT2D eigenvalue weighted by Gasteiger charge is 2.33. The lowest BCUT2D eigenvalue weighted by Crippen LogP contribution is -2.50. The number of carbonyl (C=O) groups excluding carboxylic acids is 1. The fourth-order valence-corrected chi connectivity index (χ4v) is 3.75. The summed E-state index contributed by atoms with van der Waals surface area (Å²) in [6, 6.07) is 5.59. The molecular weight excluding hydrogens is 385 g/mol. The van der Waals surface area contributed by atoms with Crippen LogP contribution in [0.1, 0.15) is 25.3 Å². The van der Waals surface area contributed by atoms with Crippen molar-refractivity contribution < 1.29 is 9.18 Å². The van der Waals surface area contributed by atoms with Gasteiger partial charge in [0.1, 0.15) is 5.82 Å². The number of nitrogens with zero attached hydrogens (tertiary/aromatic N) is 3. The molecule has 1 saturated carbocycles. The number of hydrogen-bond donors (Lipinski definition) is 0. The highest BCUT2D eigenvalue weighted by atomic mass is 79.9. The zero-order valence-corrected chi connectivity index (χ0v) is 16.6. The average molecular weight is 412 g/mol. The summed E-state index contributed by atoms with van der Waals surface area (Å²) in [6.45, 7) is 6.72. The van der Waals surface area contributed by atoms with Crippen LogP contribution in [0.3, 0.4) is 0 Å². The Labute approximate surface area is 158 Å². The number of halogens is 2. The molecule has 1 heterocycles. The van der Waals surface area contributed by atoms with Gasteiger partial charge in [0.05, 0.1) is 6.54 Å². The molecule has 3 rings (SSSR count). The van der Waals surface area contributed by atoms with Crippen molar-refractivity contribution in [2.24, 2.45) is 5.92 Å². The molecule has 0 N–H and O–H groups in total. The molecule has 0 aromatic heterocycles. The number of piperazine rings is 1. The molecule has 1 amide bonds. The minimum Gasteiger partial charge on any atom is -0.342 e. The lowest BCUT2D eigenvalue weighted by atomic mass is 10.1. The summed E-state index contributed by atoms with van der Waals surface area (Å²) in [4.78, 5) is 18.8. The number of hydrogen-bond acceptors (Lipinski definition) is 3. The highest BCUT2D eigenvalue weighted by molar-refractivity contribution is 9.10. The first-order valence-corrected chi connectivity index (χ1v) is 9.87. The maximum Gasteiger partial charge on any atom is 0.236 e. The van der Waals surface area contributed by atoms with Crippen molar-refractivity contribution in [3.8, 4) is 0 Å². The Balaban J connectivity index is 1.44. The first-order valence-electron chi connectivity index (χ1n) is 9.08. The Morgan fingerprint density at radius 3 is 2.52 bits per heavy atom. The van der Waals surface area contributed by atoms with Gasteiger partial charge >= 0.3 is 0 Å². The third-order valence-electron chi connectivity index (χ3n) is 5.54. The number of amides is 1. The molecule has 1 atom stereocenters. The number of rotatable bonds is 6. The van der Waals surface area contributed by atoms with Gasteiger partial charge in [-0.05, 0) is 37.8 Å². The van der Waals surface area contributed by atoms with Gasteiger partial charge in [-0.2, -0.15) is 0 Å². The molecule has 2 aliphatic rings. The van der Waals surface area contributed by atoms with Crippen LogP contribution in [-0.2, 0) is 11.3 Å². The summed E-state index contributed by atoms with van der Waals surface area (Å²) in [5.74, 6) is 0.751. The number of benzene rings is 1. The van der Waals surface area contributed by atoms with Crippen molar-refractivity contribution in [1.29, 1.82) is 0 Å². The van der Waals surface area contributed by atoms with Gasteiger partial charge in [-0.25, -0.2) is 4.39 Å². The Hall–Kier alpha value is -0.980. The Bertz CT molecular complexity index is 615. The molecule has 1 aromatic carbocycles. The van der Waals surface area contributed by atoms with E-state index in [1.807, 2.05) is 24.1 Å². The monoisotopic (exact) mass is 411 g/mol. The third kappa shape index (κ3) is 5.02. The minimum absolute atomic E-state index is 0.164. The summed E-state index contributed by atoms with van der Waals surface area (Å²) in [7, 11) is 1.93. The second kappa shape index (κ2) is 8.14. The minimum atomic E-state index is -0.164. The van der Waals surface area contributed by atoms with E-state index < -0.39 is 0 Å². The molecular formula is C19H27BrFN3O. The molecule has 4 nitrogen and oxygen atoms in total. The molecule has 1 aliphatic carbocycles. The Morgan fingerprint density at radius 2 is 1.92 bits per heavy atom. The van der Waals surface area contributed by atoms with Gasteiger partial charge in [-0.1, -0.05) is 22.0 Å². The first kappa shape index (κ1) is 18.8. The van der Waals surface area contributed by atoms with E-state index in [2.05, 4.69) is 32.7 Å². The SMILES string of the molecule is CC(C1CC1)N(C)C(=O)CN1CCN(Cc2ccc(Br)cc2F)CC1. The molecule has 0 bridgehead atoms. The molecule has 2 fully saturated rings. The van der Waals surface area contributed by atoms with Gasteiger partial charge in [0, 0.05) is 55.8 Å². The topological polar surface area (TPSA) is 26.8 Å². The number of carbonyl (C=O) groups is 1. The van der Waals surface area contributed by atoms with Gasteiger partial charge in [0.15, 0.2) is 0 Å². The van der Waals surface area contributed by atoms with Crippen molar-refractivity contribution in [2.45, 2.75) is 32.4 Å². The summed E-state index contributed by atoms with van der Waals surface area (Å²) in [5.41, 5.74) is 0.728. The third-order valence-corrected chi connectivity index (χ3v) is 6.03. The van der Waals surface area contributed by atoms with Crippen LogP contribution in [0, 0.1) is 11.7 Å². The molecule has 6 heteroatoms. The first-order chi connectivity index (χ1) is 11.9. The zero-order chi connectivity index (χ0) is 18.0. The molecule has 138 valence electrons. The normalized spacial score (nSPS) is 20.5. The summed E-state index contributed by atoms with van der Waals surface area (Å²) < 4.78 is 14.7. The van der Waals surface area contributed by atoms with Gasteiger partial charge in [0.2, 0.25) is 5.91 Å². The van der Waals surface area contributed by atoms with Crippen LogP contribution in [0.5, 0.6) is 0 Å². The Kier molecular flexibility index (Phi) is 6.12. The van der Waals surface area contributed by atoms with Crippen molar-refractivity contribution in [3.63, 3.8) is 0 Å². The molecule has 1 saturated heterocycles. The van der Waals surface area contributed by atoms with E-state index in [1.54, 1.807) is 0 Å². The van der Waals surface area contributed by atoms with Crippen LogP contribution in [0.15, 0.2) is 22.7 Å². The lowest BCUT2D eigenvalue weighted by molar-refractivity contribution is -0.133. The quantitative estimate of drug-likeness (QED) is 0.719. The van der Waals surface area contributed by atoms with E-state index in [9.17, 15) is 9.18 Å². The summed E-state index contributed by atoms with van der Waals surface area (Å²) in [6.07, 6.45) is 2.51. The van der Waals surface area contributed by atoms with Crippen LogP contribution < -0.4 is 0 Å². The molecule has 1 unspecified atom stereocenters. The fourth-order valence-electron chi connectivity index (χ4n) is 3.42. The van der Waals surface area contributed by atoms with Crippen molar-refractivity contribution in [2.75, 3.05) is 39.8 Å². The Morgan fingerprint density at radius 1 is 1.28 bits per heavy atom. The van der Waals surface area contributed by atoms with E-state index in [-0.39, 0.29) is 11.7 Å². The highest BCUT2D eigenvalue weighted by Crippen LogP contribution is 2.34. The molecule has 1 aliphatic heterocycles. The number of likely N-dealkylation sites (N-methyl/N-ethyl adjacent to an activating group) is 1. The van der Waals surface area contributed by atoms with Crippen molar-refractivity contribution >= 4 is 21.8 Å². The van der Waals surface area contributed by atoms with Crippen LogP contribution in [0.4, 0.5) is 4.39 Å². The summed E-state index contributed by atoms with van der Waals surface area (Å²) in [5, 5.41) is 0. The predicted molar refractivity (Wildman–Crippen MR) is 101 cm³/mol. The standard InChI is InChI=1S/C19H27BrFN3O/c1-14(15-3-4-15)22(2)19(25)13-24-9-7-23(8-10-24)12-16-5-6-17(20)11-18(16)21/h5-6,11,14-15H,3-4,7-10,12-13H2,1-2H3. The van der Waals surface area contributed by atoms with Crippen LogP contribution in [0.2, 0.25) is 0 Å². The smallest absolute Gasteiger partial charge is 0.236 e. The van der Waals surface area contributed by atoms with Gasteiger partial charge < -0.3 is 4.90 Å². The summed E-state index contributed by atoms with van der Waals surface area (Å²) >= 11 is 3.29. The second-order valence-electron chi connectivity index (χ2n) is 7.37. The molecule has 0 spiro atoms. The van der Waals surface area contributed by atoms with E-state index >= 15 is 0 Å². The average Bonchev–Trinajstić information content (AvgIpc) is 3.42. The van der Waals surface area contributed by atoms with E-state index in [0.717, 1.165) is 36.2 Å². The van der Waals surface area contributed by atoms with Gasteiger partial charge in [-0.3, -0.25) is 14.6 Å². The van der Waals surface area contributed by atoms with E-state index in [4.69, 9.17) is 0 Å². The van der Waals surface area contributed by atoms with Gasteiger partial charge in [0.25, 0.3) is 0 Å². The van der Waals surface area contributed by atoms with Crippen LogP contribution >= 0.6 is 15.9 Å². The van der Waals surface area contributed by atoms with E-state index in [1.165, 1.54) is 18.9 Å². The lowest BCUT2D eigenvalue weighted by Gasteiger charge is -2.35. The largest absolute Gasteiger partial charge is 0.342 e. The van der Waals surface area contributed by atoms with Crippen LogP contribution in [-0.4, -0.2) is 66.4 Å². The second-order valence-corrected chi connectivity index (χ2v) is 8.29. The molecule has 25 heavy (non-hydrogen) atoms. The maximum absolute atomic E-state index is 14.0. The zero-order valence-electron chi connectivity index (χ0n) is 15.0. The van der Waals surface area contributed by atoms with Gasteiger partial charge in [-0.15, -0.1) is 0 Å². The maximum atomic E-state index is 14.0. The van der Waals surface area contributed by atoms with E-state index in [0.29, 0.717) is 25.0 Å². The van der Waals surface area contributed by atoms with Crippen LogP contribution in [0.25, 0.3) is 0 Å². The molecule has 1 aromatic rings. The van der Waals surface area contributed by atoms with Crippen molar-refractivity contribution in [1.82, 2.24) is 14.7 Å². The molecule has 0 radical (unpaired) electrons. The predicted octanol–water partition coefficient (Wildman–Crippen LogP) is 2.96.